The number of carbonyl (C=O) groups is 1. The molecule has 0 amide bonds. The molecule has 1 aromatic heterocycles. The molecule has 0 spiro atoms. The first-order valence-electron chi connectivity index (χ1n) is 10.4. The first kappa shape index (κ1) is 23.3. The average Bonchev–Trinajstić information content (AvgIpc) is 3.16. The predicted octanol–water partition coefficient (Wildman–Crippen LogP) is 2.43. The highest BCUT2D eigenvalue weighted by Crippen LogP contribution is 2.31. The molecule has 4 rings (SSSR count). The fraction of sp³-hybridized carbons (Fsp3) is 0.240. The zero-order chi connectivity index (χ0) is 24.4. The lowest BCUT2D eigenvalue weighted by Gasteiger charge is -2.24. The summed E-state index contributed by atoms with van der Waals surface area (Å²) >= 11 is 1.26. The second kappa shape index (κ2) is 9.56. The van der Waals surface area contributed by atoms with Crippen molar-refractivity contribution < 1.29 is 23.7 Å². The Balaban J connectivity index is 1.92. The van der Waals surface area contributed by atoms with Gasteiger partial charge in [0.1, 0.15) is 5.75 Å². The van der Waals surface area contributed by atoms with Gasteiger partial charge in [0.25, 0.3) is 5.56 Å². The van der Waals surface area contributed by atoms with Gasteiger partial charge in [-0.15, -0.1) is 0 Å². The smallest absolute Gasteiger partial charge is 0.338 e. The van der Waals surface area contributed by atoms with Crippen LogP contribution >= 0.6 is 11.3 Å². The molecule has 0 aliphatic carbocycles. The van der Waals surface area contributed by atoms with Crippen LogP contribution in [0.2, 0.25) is 0 Å². The van der Waals surface area contributed by atoms with Gasteiger partial charge in [0.2, 0.25) is 0 Å². The first-order valence-corrected chi connectivity index (χ1v) is 11.2. The zero-order valence-electron chi connectivity index (χ0n) is 19.4. The number of nitrogens with zero attached hydrogens (tertiary/aromatic N) is 2. The highest BCUT2D eigenvalue weighted by Gasteiger charge is 2.33. The third-order valence-electron chi connectivity index (χ3n) is 5.56. The number of fused-ring (bicyclic) bond motifs is 1. The summed E-state index contributed by atoms with van der Waals surface area (Å²) in [5.74, 6) is 1.30. The van der Waals surface area contributed by atoms with E-state index < -0.39 is 12.0 Å². The monoisotopic (exact) mass is 480 g/mol. The molecular weight excluding hydrogens is 456 g/mol. The van der Waals surface area contributed by atoms with Crippen LogP contribution in [0.5, 0.6) is 17.2 Å². The van der Waals surface area contributed by atoms with Crippen molar-refractivity contribution in [3.63, 3.8) is 0 Å². The molecule has 3 aromatic rings. The van der Waals surface area contributed by atoms with Gasteiger partial charge in [-0.25, -0.2) is 9.79 Å². The largest absolute Gasteiger partial charge is 0.497 e. The molecule has 0 radical (unpaired) electrons. The molecule has 0 N–H and O–H groups in total. The van der Waals surface area contributed by atoms with Crippen LogP contribution < -0.4 is 29.1 Å². The van der Waals surface area contributed by atoms with Crippen LogP contribution in [-0.2, 0) is 9.53 Å². The molecule has 1 aliphatic rings. The van der Waals surface area contributed by atoms with Crippen molar-refractivity contribution in [2.45, 2.75) is 13.0 Å². The lowest BCUT2D eigenvalue weighted by Crippen LogP contribution is -2.39. The SMILES string of the molecule is COC(=O)C1=C(C)N=c2sc(=Cc3ccc(OC)c(OC)c3)c(=O)n2[C@H]1c1ccc(OC)cc1. The molecule has 9 heteroatoms. The van der Waals surface area contributed by atoms with Gasteiger partial charge < -0.3 is 18.9 Å². The predicted molar refractivity (Wildman–Crippen MR) is 128 cm³/mol. The summed E-state index contributed by atoms with van der Waals surface area (Å²) in [6.45, 7) is 1.74. The fourth-order valence-electron chi connectivity index (χ4n) is 3.89. The van der Waals surface area contributed by atoms with E-state index in [2.05, 4.69) is 4.99 Å². The summed E-state index contributed by atoms with van der Waals surface area (Å²) in [5, 5.41) is 0. The number of aromatic nitrogens is 1. The Labute approximate surface area is 200 Å². The second-order valence-electron chi connectivity index (χ2n) is 7.46. The lowest BCUT2D eigenvalue weighted by atomic mass is 9.96. The number of hydrogen-bond donors (Lipinski definition) is 0. The van der Waals surface area contributed by atoms with E-state index in [1.54, 1.807) is 58.6 Å². The number of esters is 1. The van der Waals surface area contributed by atoms with E-state index in [9.17, 15) is 9.59 Å². The Hall–Kier alpha value is -3.85. The second-order valence-corrected chi connectivity index (χ2v) is 8.47. The van der Waals surface area contributed by atoms with Gasteiger partial charge in [-0.3, -0.25) is 9.36 Å². The summed E-state index contributed by atoms with van der Waals surface area (Å²) in [7, 11) is 6.02. The Morgan fingerprint density at radius 3 is 2.32 bits per heavy atom. The molecule has 1 aliphatic heterocycles. The van der Waals surface area contributed by atoms with Crippen molar-refractivity contribution in [3.05, 3.63) is 84.5 Å². The Morgan fingerprint density at radius 1 is 1.00 bits per heavy atom. The average molecular weight is 481 g/mol. The van der Waals surface area contributed by atoms with E-state index in [1.165, 1.54) is 23.0 Å². The summed E-state index contributed by atoms with van der Waals surface area (Å²) in [4.78, 5) is 31.4. The first-order chi connectivity index (χ1) is 16.4. The molecule has 0 saturated heterocycles. The molecule has 34 heavy (non-hydrogen) atoms. The number of rotatable bonds is 6. The fourth-order valence-corrected chi connectivity index (χ4v) is 4.93. The molecule has 2 aromatic carbocycles. The molecule has 0 bridgehead atoms. The Morgan fingerprint density at radius 2 is 1.71 bits per heavy atom. The van der Waals surface area contributed by atoms with Crippen molar-refractivity contribution in [1.82, 2.24) is 4.57 Å². The molecule has 0 saturated carbocycles. The minimum Gasteiger partial charge on any atom is -0.497 e. The lowest BCUT2D eigenvalue weighted by molar-refractivity contribution is -0.136. The molecule has 8 nitrogen and oxygen atoms in total. The van der Waals surface area contributed by atoms with Crippen LogP contribution in [0.3, 0.4) is 0 Å². The highest BCUT2D eigenvalue weighted by molar-refractivity contribution is 7.07. The number of carbonyl (C=O) groups excluding carboxylic acids is 1. The van der Waals surface area contributed by atoms with Gasteiger partial charge >= 0.3 is 5.97 Å². The van der Waals surface area contributed by atoms with Crippen LogP contribution in [-0.4, -0.2) is 39.0 Å². The van der Waals surface area contributed by atoms with E-state index in [-0.39, 0.29) is 5.56 Å². The minimum absolute atomic E-state index is 0.256. The molecule has 0 fully saturated rings. The molecule has 2 heterocycles. The van der Waals surface area contributed by atoms with Crippen molar-refractivity contribution in [2.24, 2.45) is 4.99 Å². The summed E-state index contributed by atoms with van der Waals surface area (Å²) < 4.78 is 23.0. The number of hydrogen-bond acceptors (Lipinski definition) is 8. The number of thiazole rings is 1. The van der Waals surface area contributed by atoms with Crippen LogP contribution in [0.1, 0.15) is 24.1 Å². The van der Waals surface area contributed by atoms with E-state index in [4.69, 9.17) is 18.9 Å². The number of benzene rings is 2. The van der Waals surface area contributed by atoms with Crippen molar-refractivity contribution in [3.8, 4) is 17.2 Å². The highest BCUT2D eigenvalue weighted by atomic mass is 32.1. The van der Waals surface area contributed by atoms with Crippen LogP contribution in [0, 0.1) is 0 Å². The number of allylic oxidation sites excluding steroid dienone is 1. The van der Waals surface area contributed by atoms with E-state index in [0.717, 1.165) is 11.1 Å². The molecule has 176 valence electrons. The maximum Gasteiger partial charge on any atom is 0.338 e. The zero-order valence-corrected chi connectivity index (χ0v) is 20.3. The van der Waals surface area contributed by atoms with Gasteiger partial charge in [0.05, 0.1) is 50.3 Å². The Bertz CT molecular complexity index is 1450. The van der Waals surface area contributed by atoms with Gasteiger partial charge in [-0.2, -0.15) is 0 Å². The van der Waals surface area contributed by atoms with E-state index in [0.29, 0.717) is 37.9 Å². The Kier molecular flexibility index (Phi) is 6.56. The van der Waals surface area contributed by atoms with Crippen LogP contribution in [0.15, 0.2) is 63.5 Å². The van der Waals surface area contributed by atoms with Gasteiger partial charge in [0.15, 0.2) is 16.3 Å². The molecular formula is C25H24N2O6S. The van der Waals surface area contributed by atoms with Crippen molar-refractivity contribution >= 4 is 23.4 Å². The third-order valence-corrected chi connectivity index (χ3v) is 6.55. The summed E-state index contributed by atoms with van der Waals surface area (Å²) in [6.07, 6.45) is 1.77. The van der Waals surface area contributed by atoms with E-state index >= 15 is 0 Å². The van der Waals surface area contributed by atoms with Gasteiger partial charge in [-0.1, -0.05) is 29.5 Å². The number of methoxy groups -OCH3 is 4. The maximum absolute atomic E-state index is 13.6. The molecule has 1 atom stereocenters. The topological polar surface area (TPSA) is 88.4 Å². The van der Waals surface area contributed by atoms with E-state index in [1.807, 2.05) is 18.2 Å². The van der Waals surface area contributed by atoms with Gasteiger partial charge in [-0.05, 0) is 48.4 Å². The maximum atomic E-state index is 13.6. The number of ether oxygens (including phenoxy) is 4. The van der Waals surface area contributed by atoms with Gasteiger partial charge in [0, 0.05) is 0 Å². The summed E-state index contributed by atoms with van der Waals surface area (Å²) in [6, 6.07) is 12.0. The standard InChI is InChI=1S/C25H24N2O6S/c1-14-21(24(29)33-5)22(16-7-9-17(30-2)10-8-16)27-23(28)20(34-25(27)26-14)13-15-6-11-18(31-3)19(12-15)32-4/h6-13,22H,1-5H3/t22-/m0/s1. The molecule has 0 unspecified atom stereocenters. The quantitative estimate of drug-likeness (QED) is 0.504. The van der Waals surface area contributed by atoms with Crippen LogP contribution in [0.4, 0.5) is 0 Å². The van der Waals surface area contributed by atoms with Crippen molar-refractivity contribution in [1.29, 1.82) is 0 Å². The summed E-state index contributed by atoms with van der Waals surface area (Å²) in [5.41, 5.74) is 2.08. The third kappa shape index (κ3) is 4.10. The minimum atomic E-state index is -0.679. The van der Waals surface area contributed by atoms with Crippen LogP contribution in [0.25, 0.3) is 6.08 Å². The van der Waals surface area contributed by atoms with Crippen molar-refractivity contribution in [2.75, 3.05) is 28.4 Å². The normalized spacial score (nSPS) is 15.4.